The molecular formula is C22H29F2N7O. The Labute approximate surface area is 185 Å². The van der Waals surface area contributed by atoms with Gasteiger partial charge in [0.25, 0.3) is 5.92 Å². The van der Waals surface area contributed by atoms with Gasteiger partial charge in [0.05, 0.1) is 12.2 Å². The van der Waals surface area contributed by atoms with Crippen LogP contribution >= 0.6 is 0 Å². The number of rotatable bonds is 5. The van der Waals surface area contributed by atoms with Crippen LogP contribution in [-0.2, 0) is 17.6 Å². The maximum absolute atomic E-state index is 13.7. The van der Waals surface area contributed by atoms with Gasteiger partial charge >= 0.3 is 0 Å². The largest absolute Gasteiger partial charge is 0.335 e. The number of aromatic amines is 1. The van der Waals surface area contributed by atoms with Gasteiger partial charge < -0.3 is 15.1 Å². The van der Waals surface area contributed by atoms with E-state index >= 15 is 0 Å². The third kappa shape index (κ3) is 3.91. The molecule has 4 heterocycles. The Bertz CT molecular complexity index is 1020. The van der Waals surface area contributed by atoms with E-state index in [1.165, 1.54) is 4.90 Å². The number of amides is 1. The summed E-state index contributed by atoms with van der Waals surface area (Å²) in [4.78, 5) is 25.8. The number of carbonyl (C=O) groups is 1. The second-order valence-electron chi connectivity index (χ2n) is 9.36. The summed E-state index contributed by atoms with van der Waals surface area (Å²) >= 11 is 0. The summed E-state index contributed by atoms with van der Waals surface area (Å²) in [6.07, 6.45) is 3.93. The van der Waals surface area contributed by atoms with Crippen molar-refractivity contribution in [3.63, 3.8) is 0 Å². The lowest BCUT2D eigenvalue weighted by molar-refractivity contribution is -0.132. The summed E-state index contributed by atoms with van der Waals surface area (Å²) in [5.74, 6) is -0.796. The van der Waals surface area contributed by atoms with Crippen LogP contribution < -0.4 is 10.2 Å². The van der Waals surface area contributed by atoms with Gasteiger partial charge in [-0.25, -0.2) is 13.8 Å². The van der Waals surface area contributed by atoms with Gasteiger partial charge in [0.15, 0.2) is 5.82 Å². The molecule has 0 spiro atoms. The summed E-state index contributed by atoms with van der Waals surface area (Å²) in [5.41, 5.74) is 3.11. The predicted octanol–water partition coefficient (Wildman–Crippen LogP) is 3.39. The number of aromatic nitrogens is 4. The molecule has 2 N–H and O–H groups in total. The van der Waals surface area contributed by atoms with Crippen molar-refractivity contribution >= 4 is 23.5 Å². The Morgan fingerprint density at radius 1 is 1.25 bits per heavy atom. The van der Waals surface area contributed by atoms with Gasteiger partial charge in [-0.05, 0) is 38.0 Å². The number of alkyl halides is 2. The van der Waals surface area contributed by atoms with Gasteiger partial charge in [-0.2, -0.15) is 10.1 Å². The third-order valence-corrected chi connectivity index (χ3v) is 6.66. The van der Waals surface area contributed by atoms with Crippen LogP contribution in [0.2, 0.25) is 0 Å². The number of aryl methyl sites for hydroxylation is 1. The molecule has 0 saturated carbocycles. The molecule has 8 nitrogen and oxygen atoms in total. The normalized spacial score (nSPS) is 22.1. The molecule has 1 unspecified atom stereocenters. The van der Waals surface area contributed by atoms with Gasteiger partial charge in [0, 0.05) is 36.8 Å². The lowest BCUT2D eigenvalue weighted by Gasteiger charge is -2.28. The molecule has 3 aliphatic rings. The standard InChI is InChI=1S/C22H29F2N7O/c1-13(2)16-11-18(29-28-16)26-19-14-5-3-6-15(14)25-21(27-19)31-9-4-7-17(31)20(32)30-10-8-22(23,24)12-30/h11,13,17H,3-10,12H2,1-2H3,(H2,25,26,27,28,29). The molecule has 10 heteroatoms. The summed E-state index contributed by atoms with van der Waals surface area (Å²) in [5, 5.41) is 10.7. The maximum atomic E-state index is 13.7. The molecule has 2 aliphatic heterocycles. The van der Waals surface area contributed by atoms with E-state index in [9.17, 15) is 13.6 Å². The molecule has 2 aromatic heterocycles. The highest BCUT2D eigenvalue weighted by Crippen LogP contribution is 2.34. The first kappa shape index (κ1) is 21.1. The van der Waals surface area contributed by atoms with E-state index in [1.54, 1.807) is 0 Å². The number of anilines is 3. The quantitative estimate of drug-likeness (QED) is 0.733. The minimum atomic E-state index is -2.79. The molecule has 5 rings (SSSR count). The molecule has 2 fully saturated rings. The fourth-order valence-electron chi connectivity index (χ4n) is 4.87. The predicted molar refractivity (Wildman–Crippen MR) is 117 cm³/mol. The van der Waals surface area contributed by atoms with E-state index in [4.69, 9.17) is 9.97 Å². The van der Waals surface area contributed by atoms with Gasteiger partial charge in [0.1, 0.15) is 11.9 Å². The van der Waals surface area contributed by atoms with Crippen LogP contribution in [-0.4, -0.2) is 62.6 Å². The zero-order valence-corrected chi connectivity index (χ0v) is 18.5. The molecule has 172 valence electrons. The first-order valence-electron chi connectivity index (χ1n) is 11.5. The van der Waals surface area contributed by atoms with Gasteiger partial charge in [-0.3, -0.25) is 9.89 Å². The third-order valence-electron chi connectivity index (χ3n) is 6.66. The molecule has 2 aromatic rings. The molecule has 0 bridgehead atoms. The highest BCUT2D eigenvalue weighted by molar-refractivity contribution is 5.86. The van der Waals surface area contributed by atoms with E-state index in [-0.39, 0.29) is 18.9 Å². The summed E-state index contributed by atoms with van der Waals surface area (Å²) < 4.78 is 27.3. The van der Waals surface area contributed by atoms with E-state index in [0.717, 1.165) is 48.5 Å². The molecule has 0 aromatic carbocycles. The van der Waals surface area contributed by atoms with Crippen molar-refractivity contribution in [1.29, 1.82) is 0 Å². The van der Waals surface area contributed by atoms with Crippen LogP contribution in [0.15, 0.2) is 6.07 Å². The number of nitrogens with zero attached hydrogens (tertiary/aromatic N) is 5. The SMILES string of the molecule is CC(C)c1cc(Nc2nc(N3CCCC3C(=O)N3CCC(F)(F)C3)nc3c2CCC3)n[nH]1. The average molecular weight is 446 g/mol. The zero-order valence-electron chi connectivity index (χ0n) is 18.5. The highest BCUT2D eigenvalue weighted by atomic mass is 19.3. The van der Waals surface area contributed by atoms with Crippen molar-refractivity contribution in [3.8, 4) is 0 Å². The van der Waals surface area contributed by atoms with Crippen molar-refractivity contribution < 1.29 is 13.6 Å². The summed E-state index contributed by atoms with van der Waals surface area (Å²) in [6, 6.07) is 1.48. The number of halogens is 2. The van der Waals surface area contributed by atoms with Crippen molar-refractivity contribution in [3.05, 3.63) is 23.0 Å². The molecule has 2 saturated heterocycles. The number of hydrogen-bond donors (Lipinski definition) is 2. The van der Waals surface area contributed by atoms with Crippen LogP contribution in [0.1, 0.15) is 62.4 Å². The second kappa shape index (κ2) is 7.97. The monoisotopic (exact) mass is 445 g/mol. The van der Waals surface area contributed by atoms with Crippen LogP contribution in [0.3, 0.4) is 0 Å². The Kier molecular flexibility index (Phi) is 5.25. The fraction of sp³-hybridized carbons (Fsp3) is 0.636. The maximum Gasteiger partial charge on any atom is 0.267 e. The number of fused-ring (bicyclic) bond motifs is 1. The lowest BCUT2D eigenvalue weighted by Crippen LogP contribution is -2.46. The summed E-state index contributed by atoms with van der Waals surface area (Å²) in [7, 11) is 0. The first-order valence-corrected chi connectivity index (χ1v) is 11.5. The van der Waals surface area contributed by atoms with Crippen LogP contribution in [0.4, 0.5) is 26.4 Å². The number of hydrogen-bond acceptors (Lipinski definition) is 6. The first-order chi connectivity index (χ1) is 15.3. The Morgan fingerprint density at radius 2 is 2.09 bits per heavy atom. The smallest absolute Gasteiger partial charge is 0.267 e. The number of carbonyl (C=O) groups excluding carboxylic acids is 1. The molecule has 1 atom stereocenters. The van der Waals surface area contributed by atoms with Crippen LogP contribution in [0, 0.1) is 0 Å². The topological polar surface area (TPSA) is 90.0 Å². The Hall–Kier alpha value is -2.78. The average Bonchev–Trinajstić information content (AvgIpc) is 3.53. The molecule has 32 heavy (non-hydrogen) atoms. The van der Waals surface area contributed by atoms with Crippen molar-refractivity contribution in [2.45, 2.75) is 70.3 Å². The molecule has 0 radical (unpaired) electrons. The minimum absolute atomic E-state index is 0.103. The lowest BCUT2D eigenvalue weighted by atomic mass is 10.1. The van der Waals surface area contributed by atoms with Crippen LogP contribution in [0.25, 0.3) is 0 Å². The fourth-order valence-corrected chi connectivity index (χ4v) is 4.87. The van der Waals surface area contributed by atoms with E-state index in [0.29, 0.717) is 30.6 Å². The minimum Gasteiger partial charge on any atom is -0.335 e. The van der Waals surface area contributed by atoms with Gasteiger partial charge in [-0.1, -0.05) is 13.8 Å². The molecule has 1 amide bonds. The zero-order chi connectivity index (χ0) is 22.5. The Morgan fingerprint density at radius 3 is 2.81 bits per heavy atom. The van der Waals surface area contributed by atoms with Crippen molar-refractivity contribution in [2.24, 2.45) is 0 Å². The van der Waals surface area contributed by atoms with E-state index in [1.807, 2.05) is 11.0 Å². The van der Waals surface area contributed by atoms with Crippen molar-refractivity contribution in [2.75, 3.05) is 29.9 Å². The molecular weight excluding hydrogens is 416 g/mol. The summed E-state index contributed by atoms with van der Waals surface area (Å²) in [6.45, 7) is 4.44. The van der Waals surface area contributed by atoms with E-state index in [2.05, 4.69) is 29.4 Å². The highest BCUT2D eigenvalue weighted by Gasteiger charge is 2.44. The number of likely N-dealkylation sites (tertiary alicyclic amines) is 1. The second-order valence-corrected chi connectivity index (χ2v) is 9.36. The van der Waals surface area contributed by atoms with Crippen LogP contribution in [0.5, 0.6) is 0 Å². The Balaban J connectivity index is 1.41. The van der Waals surface area contributed by atoms with Gasteiger partial charge in [-0.15, -0.1) is 0 Å². The van der Waals surface area contributed by atoms with E-state index < -0.39 is 18.5 Å². The van der Waals surface area contributed by atoms with Gasteiger partial charge in [0.2, 0.25) is 11.9 Å². The molecule has 1 aliphatic carbocycles. The van der Waals surface area contributed by atoms with Crippen molar-refractivity contribution in [1.82, 2.24) is 25.1 Å². The number of H-pyrrole nitrogens is 1. The number of nitrogens with one attached hydrogen (secondary N) is 2.